The zero-order chi connectivity index (χ0) is 14.8. The van der Waals surface area contributed by atoms with E-state index in [1.54, 1.807) is 18.2 Å². The van der Waals surface area contributed by atoms with Crippen LogP contribution in [0.5, 0.6) is 0 Å². The van der Waals surface area contributed by atoms with Crippen LogP contribution in [0.3, 0.4) is 0 Å². The zero-order valence-electron chi connectivity index (χ0n) is 11.4. The monoisotopic (exact) mass is 311 g/mol. The van der Waals surface area contributed by atoms with Crippen LogP contribution in [0.1, 0.15) is 20.8 Å². The summed E-state index contributed by atoms with van der Waals surface area (Å²) in [4.78, 5) is 4.33. The average Bonchev–Trinajstić information content (AvgIpc) is 2.32. The van der Waals surface area contributed by atoms with Gasteiger partial charge in [-0.2, -0.15) is 10.1 Å². The Morgan fingerprint density at radius 3 is 2.60 bits per heavy atom. The number of anilines is 3. The van der Waals surface area contributed by atoms with Crippen LogP contribution in [0.25, 0.3) is 0 Å². The molecule has 1 aromatic carbocycles. The third-order valence-electron chi connectivity index (χ3n) is 2.24. The molecule has 0 atom stereocenters. The maximum Gasteiger partial charge on any atom is 0.245 e. The van der Waals surface area contributed by atoms with Crippen molar-refractivity contribution >= 4 is 40.7 Å². The van der Waals surface area contributed by atoms with Gasteiger partial charge in [-0.25, -0.2) is 0 Å². The SMILES string of the molecule is CC(C)(C)Nc1nncc(Nc2cc(Cl)ccc2Cl)n1. The summed E-state index contributed by atoms with van der Waals surface area (Å²) in [5.41, 5.74) is 0.523. The Bertz CT molecular complexity index is 610. The molecule has 1 heterocycles. The van der Waals surface area contributed by atoms with Crippen molar-refractivity contribution in [1.82, 2.24) is 15.2 Å². The second-order valence-corrected chi connectivity index (χ2v) is 6.13. The fourth-order valence-electron chi connectivity index (χ4n) is 1.48. The van der Waals surface area contributed by atoms with Crippen molar-refractivity contribution in [2.45, 2.75) is 26.3 Å². The van der Waals surface area contributed by atoms with Gasteiger partial charge in [-0.15, -0.1) is 5.10 Å². The van der Waals surface area contributed by atoms with Crippen molar-refractivity contribution in [3.05, 3.63) is 34.4 Å². The molecule has 20 heavy (non-hydrogen) atoms. The van der Waals surface area contributed by atoms with Gasteiger partial charge in [0.25, 0.3) is 0 Å². The summed E-state index contributed by atoms with van der Waals surface area (Å²) in [5, 5.41) is 15.2. The van der Waals surface area contributed by atoms with Gasteiger partial charge in [0.15, 0.2) is 5.82 Å². The van der Waals surface area contributed by atoms with Crippen LogP contribution in [0.2, 0.25) is 10.0 Å². The van der Waals surface area contributed by atoms with Gasteiger partial charge in [0, 0.05) is 10.6 Å². The molecule has 0 aliphatic heterocycles. The van der Waals surface area contributed by atoms with E-state index in [4.69, 9.17) is 23.2 Å². The summed E-state index contributed by atoms with van der Waals surface area (Å²) in [7, 11) is 0. The predicted octanol–water partition coefficient (Wildman–Crippen LogP) is 4.13. The molecule has 0 fully saturated rings. The van der Waals surface area contributed by atoms with Gasteiger partial charge >= 0.3 is 0 Å². The maximum absolute atomic E-state index is 6.09. The first-order valence-electron chi connectivity index (χ1n) is 6.03. The van der Waals surface area contributed by atoms with Gasteiger partial charge in [-0.3, -0.25) is 0 Å². The Balaban J connectivity index is 2.21. The minimum atomic E-state index is -0.145. The van der Waals surface area contributed by atoms with Gasteiger partial charge in [0.2, 0.25) is 5.95 Å². The third-order valence-corrected chi connectivity index (χ3v) is 2.80. The van der Waals surface area contributed by atoms with Gasteiger partial charge < -0.3 is 10.6 Å². The second kappa shape index (κ2) is 5.81. The number of hydrogen-bond donors (Lipinski definition) is 2. The fourth-order valence-corrected chi connectivity index (χ4v) is 1.82. The van der Waals surface area contributed by atoms with Crippen molar-refractivity contribution in [3.8, 4) is 0 Å². The number of hydrogen-bond acceptors (Lipinski definition) is 5. The molecular weight excluding hydrogens is 297 g/mol. The largest absolute Gasteiger partial charge is 0.348 e. The highest BCUT2D eigenvalue weighted by molar-refractivity contribution is 6.35. The van der Waals surface area contributed by atoms with Crippen molar-refractivity contribution in [1.29, 1.82) is 0 Å². The molecule has 0 spiro atoms. The smallest absolute Gasteiger partial charge is 0.245 e. The number of halogens is 2. The lowest BCUT2D eigenvalue weighted by atomic mass is 10.1. The zero-order valence-corrected chi connectivity index (χ0v) is 12.9. The van der Waals surface area contributed by atoms with Crippen LogP contribution < -0.4 is 10.6 Å². The van der Waals surface area contributed by atoms with Crippen LogP contribution in [-0.2, 0) is 0 Å². The summed E-state index contributed by atoms with van der Waals surface area (Å²) in [5.74, 6) is 0.983. The Morgan fingerprint density at radius 1 is 1.15 bits per heavy atom. The number of rotatable bonds is 3. The fraction of sp³-hybridized carbons (Fsp3) is 0.308. The van der Waals surface area contributed by atoms with Gasteiger partial charge in [0.05, 0.1) is 16.9 Å². The van der Waals surface area contributed by atoms with E-state index in [0.29, 0.717) is 27.5 Å². The number of aromatic nitrogens is 3. The van der Waals surface area contributed by atoms with Crippen LogP contribution in [0.4, 0.5) is 17.5 Å². The first-order chi connectivity index (χ1) is 9.33. The van der Waals surface area contributed by atoms with Crippen LogP contribution in [0.15, 0.2) is 24.4 Å². The van der Waals surface area contributed by atoms with Crippen LogP contribution in [-0.4, -0.2) is 20.7 Å². The second-order valence-electron chi connectivity index (χ2n) is 5.29. The van der Waals surface area contributed by atoms with E-state index in [1.807, 2.05) is 20.8 Å². The topological polar surface area (TPSA) is 62.7 Å². The molecule has 0 unspecified atom stereocenters. The van der Waals surface area contributed by atoms with Gasteiger partial charge in [-0.05, 0) is 39.0 Å². The average molecular weight is 312 g/mol. The van der Waals surface area contributed by atoms with Crippen LogP contribution in [0, 0.1) is 0 Å². The molecular formula is C13H15Cl2N5. The van der Waals surface area contributed by atoms with E-state index >= 15 is 0 Å². The first kappa shape index (κ1) is 14.8. The van der Waals surface area contributed by atoms with Gasteiger partial charge in [-0.1, -0.05) is 23.2 Å². The standard InChI is InChI=1S/C13H15Cl2N5/c1-13(2,3)19-12-18-11(7-16-20-12)17-10-6-8(14)4-5-9(10)15/h4-7H,1-3H3,(H2,17,18,19,20). The number of nitrogens with zero attached hydrogens (tertiary/aromatic N) is 3. The lowest BCUT2D eigenvalue weighted by Gasteiger charge is -2.20. The molecule has 0 saturated heterocycles. The summed E-state index contributed by atoms with van der Waals surface area (Å²) in [6.07, 6.45) is 1.52. The number of nitrogens with one attached hydrogen (secondary N) is 2. The Labute approximate surface area is 127 Å². The third kappa shape index (κ3) is 4.21. The number of benzene rings is 1. The summed E-state index contributed by atoms with van der Waals surface area (Å²) >= 11 is 12.0. The predicted molar refractivity (Wildman–Crippen MR) is 82.9 cm³/mol. The van der Waals surface area contributed by atoms with E-state index in [2.05, 4.69) is 25.8 Å². The van der Waals surface area contributed by atoms with Gasteiger partial charge in [0.1, 0.15) is 0 Å². The summed E-state index contributed by atoms with van der Waals surface area (Å²) in [6.45, 7) is 6.05. The maximum atomic E-state index is 6.09. The van der Waals surface area contributed by atoms with Crippen molar-refractivity contribution in [2.75, 3.05) is 10.6 Å². The van der Waals surface area contributed by atoms with Crippen molar-refractivity contribution < 1.29 is 0 Å². The Morgan fingerprint density at radius 2 is 1.90 bits per heavy atom. The van der Waals surface area contributed by atoms with E-state index in [9.17, 15) is 0 Å². The van der Waals surface area contributed by atoms with Crippen molar-refractivity contribution in [3.63, 3.8) is 0 Å². The molecule has 0 saturated carbocycles. The molecule has 0 aliphatic rings. The molecule has 1 aromatic heterocycles. The highest BCUT2D eigenvalue weighted by Gasteiger charge is 2.12. The molecule has 7 heteroatoms. The lowest BCUT2D eigenvalue weighted by Crippen LogP contribution is -2.27. The molecule has 2 N–H and O–H groups in total. The molecule has 106 valence electrons. The summed E-state index contributed by atoms with van der Waals surface area (Å²) < 4.78 is 0. The highest BCUT2D eigenvalue weighted by Crippen LogP contribution is 2.27. The van der Waals surface area contributed by atoms with E-state index in [-0.39, 0.29) is 5.54 Å². The summed E-state index contributed by atoms with van der Waals surface area (Å²) in [6, 6.07) is 5.16. The Kier molecular flexibility index (Phi) is 4.30. The molecule has 0 aliphatic carbocycles. The van der Waals surface area contributed by atoms with E-state index in [1.165, 1.54) is 6.20 Å². The molecule has 2 rings (SSSR count). The molecule has 2 aromatic rings. The normalized spacial score (nSPS) is 11.2. The first-order valence-corrected chi connectivity index (χ1v) is 6.79. The lowest BCUT2D eigenvalue weighted by molar-refractivity contribution is 0.623. The molecule has 0 radical (unpaired) electrons. The minimum absolute atomic E-state index is 0.145. The molecule has 0 amide bonds. The molecule has 0 bridgehead atoms. The minimum Gasteiger partial charge on any atom is -0.348 e. The van der Waals surface area contributed by atoms with Crippen LogP contribution >= 0.6 is 23.2 Å². The van der Waals surface area contributed by atoms with E-state index < -0.39 is 0 Å². The molecule has 5 nitrogen and oxygen atoms in total. The highest BCUT2D eigenvalue weighted by atomic mass is 35.5. The van der Waals surface area contributed by atoms with Crippen molar-refractivity contribution in [2.24, 2.45) is 0 Å². The van der Waals surface area contributed by atoms with E-state index in [0.717, 1.165) is 0 Å². The Hall–Kier alpha value is -1.59. The quantitative estimate of drug-likeness (QED) is 0.892.